The van der Waals surface area contributed by atoms with Gasteiger partial charge in [0.15, 0.2) is 6.19 Å². The molecule has 0 unspecified atom stereocenters. The second-order valence-corrected chi connectivity index (χ2v) is 8.80. The number of benzene rings is 2. The van der Waals surface area contributed by atoms with E-state index in [1.54, 1.807) is 11.0 Å². The molecule has 136 valence electrons. The van der Waals surface area contributed by atoms with Gasteiger partial charge in [0.1, 0.15) is 4.90 Å². The molecule has 0 radical (unpaired) electrons. The van der Waals surface area contributed by atoms with Gasteiger partial charge in [-0.2, -0.15) is 9.57 Å². The molecule has 1 heterocycles. The molecule has 0 aliphatic carbocycles. The van der Waals surface area contributed by atoms with Crippen molar-refractivity contribution >= 4 is 33.2 Å². The van der Waals surface area contributed by atoms with Crippen LogP contribution in [0.4, 0.5) is 0 Å². The largest absolute Gasteiger partial charge is 0.309 e. The van der Waals surface area contributed by atoms with Crippen LogP contribution in [0.25, 0.3) is 0 Å². The Morgan fingerprint density at radius 3 is 2.58 bits per heavy atom. The number of nitriles is 1. The molecule has 26 heavy (non-hydrogen) atoms. The third-order valence-corrected chi connectivity index (χ3v) is 6.99. The van der Waals surface area contributed by atoms with Gasteiger partial charge >= 0.3 is 0 Å². The summed E-state index contributed by atoms with van der Waals surface area (Å²) in [6, 6.07) is 13.4. The normalized spacial score (nSPS) is 17.5. The molecule has 1 aliphatic heterocycles. The molecule has 8 heteroatoms. The molecule has 2 aromatic carbocycles. The smallest absolute Gasteiger partial charge is 0.245 e. The molecule has 0 spiro atoms. The fourth-order valence-corrected chi connectivity index (χ4v) is 5.42. The molecule has 1 atom stereocenters. The number of nitrogens with zero attached hydrogens (tertiary/aromatic N) is 3. The lowest BCUT2D eigenvalue weighted by Crippen LogP contribution is -2.41. The van der Waals surface area contributed by atoms with Gasteiger partial charge < -0.3 is 4.90 Å². The van der Waals surface area contributed by atoms with E-state index in [0.717, 1.165) is 5.56 Å². The number of sulfonamides is 1. The van der Waals surface area contributed by atoms with Gasteiger partial charge in [-0.05, 0) is 30.2 Å². The quantitative estimate of drug-likeness (QED) is 0.705. The minimum atomic E-state index is -3.89. The van der Waals surface area contributed by atoms with Crippen molar-refractivity contribution in [3.8, 4) is 6.19 Å². The molecule has 1 aliphatic rings. The number of hydrogen-bond acceptors (Lipinski definition) is 4. The van der Waals surface area contributed by atoms with E-state index < -0.39 is 10.0 Å². The highest BCUT2D eigenvalue weighted by Crippen LogP contribution is 2.31. The number of rotatable bonds is 5. The Morgan fingerprint density at radius 1 is 1.19 bits per heavy atom. The van der Waals surface area contributed by atoms with Gasteiger partial charge in [0.2, 0.25) is 10.0 Å². The van der Waals surface area contributed by atoms with Crippen molar-refractivity contribution in [2.24, 2.45) is 0 Å². The maximum Gasteiger partial charge on any atom is 0.245 e. The van der Waals surface area contributed by atoms with Crippen LogP contribution >= 0.6 is 23.2 Å². The van der Waals surface area contributed by atoms with E-state index in [-0.39, 0.29) is 22.5 Å². The van der Waals surface area contributed by atoms with Crippen LogP contribution in [0.1, 0.15) is 12.0 Å². The minimum Gasteiger partial charge on any atom is -0.309 e. The van der Waals surface area contributed by atoms with Crippen LogP contribution in [0.5, 0.6) is 0 Å². The average Bonchev–Trinajstić information content (AvgIpc) is 3.11. The predicted molar refractivity (Wildman–Crippen MR) is 101 cm³/mol. The lowest BCUT2D eigenvalue weighted by Gasteiger charge is -2.28. The van der Waals surface area contributed by atoms with Gasteiger partial charge in [0.05, 0.1) is 5.02 Å². The highest BCUT2D eigenvalue weighted by Gasteiger charge is 2.37. The summed E-state index contributed by atoms with van der Waals surface area (Å²) in [6.07, 6.45) is 2.67. The zero-order chi connectivity index (χ0) is 18.7. The summed E-state index contributed by atoms with van der Waals surface area (Å²) < 4.78 is 28.2. The molecule has 0 amide bonds. The SMILES string of the molecule is N#CN1CC[C@@H](N(Cc2ccccc2)S(=O)(=O)c2cc(Cl)ccc2Cl)C1. The fraction of sp³-hybridized carbons (Fsp3) is 0.278. The first-order valence-corrected chi connectivity index (χ1v) is 10.3. The second kappa shape index (κ2) is 7.85. The molecule has 3 rings (SSSR count). The zero-order valence-electron chi connectivity index (χ0n) is 13.8. The van der Waals surface area contributed by atoms with Crippen molar-refractivity contribution < 1.29 is 8.42 Å². The summed E-state index contributed by atoms with van der Waals surface area (Å²) in [5, 5.41) is 9.56. The van der Waals surface area contributed by atoms with Crippen molar-refractivity contribution in [3.05, 3.63) is 64.1 Å². The van der Waals surface area contributed by atoms with E-state index in [1.165, 1.54) is 16.4 Å². The van der Waals surface area contributed by atoms with Crippen molar-refractivity contribution in [2.45, 2.75) is 23.9 Å². The molecule has 0 bridgehead atoms. The first kappa shape index (κ1) is 19.0. The molecule has 1 saturated heterocycles. The summed E-state index contributed by atoms with van der Waals surface area (Å²) >= 11 is 12.2. The van der Waals surface area contributed by atoms with Gasteiger partial charge in [-0.15, -0.1) is 0 Å². The first-order valence-electron chi connectivity index (χ1n) is 8.07. The van der Waals surface area contributed by atoms with Crippen molar-refractivity contribution in [1.29, 1.82) is 5.26 Å². The standard InChI is InChI=1S/C18H17Cl2N3O2S/c19-15-6-7-17(20)18(10-15)26(24,25)23(11-14-4-2-1-3-5-14)16-8-9-22(12-16)13-21/h1-7,10,16H,8-9,11-12H2/t16-/m1/s1. The van der Waals surface area contributed by atoms with Crippen molar-refractivity contribution in [1.82, 2.24) is 9.21 Å². The molecule has 5 nitrogen and oxygen atoms in total. The van der Waals surface area contributed by atoms with E-state index in [9.17, 15) is 8.42 Å². The lowest BCUT2D eigenvalue weighted by molar-refractivity contribution is 0.314. The zero-order valence-corrected chi connectivity index (χ0v) is 16.2. The van der Waals surface area contributed by atoms with E-state index in [4.69, 9.17) is 28.5 Å². The Kier molecular flexibility index (Phi) is 5.73. The van der Waals surface area contributed by atoms with Gasteiger partial charge in [-0.1, -0.05) is 53.5 Å². The van der Waals surface area contributed by atoms with E-state index in [0.29, 0.717) is 24.5 Å². The Hall–Kier alpha value is -1.78. The van der Waals surface area contributed by atoms with E-state index >= 15 is 0 Å². The summed E-state index contributed by atoms with van der Waals surface area (Å²) in [5.41, 5.74) is 0.865. The molecule has 0 N–H and O–H groups in total. The van der Waals surface area contributed by atoms with Crippen molar-refractivity contribution in [3.63, 3.8) is 0 Å². The van der Waals surface area contributed by atoms with Crippen LogP contribution in [0, 0.1) is 11.5 Å². The molecular weight excluding hydrogens is 393 g/mol. The minimum absolute atomic E-state index is 0.0157. The summed E-state index contributed by atoms with van der Waals surface area (Å²) in [5.74, 6) is 0. The average molecular weight is 410 g/mol. The lowest BCUT2D eigenvalue weighted by atomic mass is 10.2. The van der Waals surface area contributed by atoms with Crippen LogP contribution in [0.3, 0.4) is 0 Å². The number of halogens is 2. The maximum atomic E-state index is 13.4. The Bertz CT molecular complexity index is 929. The van der Waals surface area contributed by atoms with Crippen LogP contribution < -0.4 is 0 Å². The van der Waals surface area contributed by atoms with Gasteiger partial charge in [-0.25, -0.2) is 8.42 Å². The van der Waals surface area contributed by atoms with Gasteiger partial charge in [0.25, 0.3) is 0 Å². The summed E-state index contributed by atoms with van der Waals surface area (Å²) in [6.45, 7) is 1.10. The van der Waals surface area contributed by atoms with Gasteiger partial charge in [0, 0.05) is 30.7 Å². The first-order chi connectivity index (χ1) is 12.4. The van der Waals surface area contributed by atoms with E-state index in [1.807, 2.05) is 30.3 Å². The second-order valence-electron chi connectivity index (χ2n) is 6.10. The topological polar surface area (TPSA) is 64.4 Å². The Morgan fingerprint density at radius 2 is 1.92 bits per heavy atom. The summed E-state index contributed by atoms with van der Waals surface area (Å²) in [4.78, 5) is 1.55. The maximum absolute atomic E-state index is 13.4. The fourth-order valence-electron chi connectivity index (χ4n) is 3.04. The van der Waals surface area contributed by atoms with Crippen molar-refractivity contribution in [2.75, 3.05) is 13.1 Å². The highest BCUT2D eigenvalue weighted by atomic mass is 35.5. The van der Waals surface area contributed by atoms with Crippen LogP contribution in [0.2, 0.25) is 10.0 Å². The summed E-state index contributed by atoms with van der Waals surface area (Å²) in [7, 11) is -3.89. The number of hydrogen-bond donors (Lipinski definition) is 0. The van der Waals surface area contributed by atoms with Crippen LogP contribution in [-0.4, -0.2) is 36.8 Å². The highest BCUT2D eigenvalue weighted by molar-refractivity contribution is 7.89. The third kappa shape index (κ3) is 3.97. The monoisotopic (exact) mass is 409 g/mol. The molecular formula is C18H17Cl2N3O2S. The van der Waals surface area contributed by atoms with Crippen LogP contribution in [0.15, 0.2) is 53.4 Å². The van der Waals surface area contributed by atoms with E-state index in [2.05, 4.69) is 6.19 Å². The third-order valence-electron chi connectivity index (χ3n) is 4.37. The molecule has 0 aromatic heterocycles. The molecule has 2 aromatic rings. The van der Waals surface area contributed by atoms with Crippen LogP contribution in [-0.2, 0) is 16.6 Å². The predicted octanol–water partition coefficient (Wildman–Crippen LogP) is 3.74. The van der Waals surface area contributed by atoms with Gasteiger partial charge in [-0.3, -0.25) is 0 Å². The molecule has 1 fully saturated rings. The molecule has 0 saturated carbocycles. The number of likely N-dealkylation sites (tertiary alicyclic amines) is 1. The Balaban J connectivity index is 2.02. The Labute approximate surface area is 163 Å².